The maximum atomic E-state index is 2.60. The third kappa shape index (κ3) is 0.996. The van der Waals surface area contributed by atoms with Crippen molar-refractivity contribution in [2.24, 2.45) is 17.3 Å². The van der Waals surface area contributed by atoms with Crippen molar-refractivity contribution in [1.82, 2.24) is 0 Å². The molecular weight excluding hydrogens is 208 g/mol. The summed E-state index contributed by atoms with van der Waals surface area (Å²) in [5.41, 5.74) is 2.24. The van der Waals surface area contributed by atoms with Crippen LogP contribution in [0.1, 0.15) is 27.2 Å². The van der Waals surface area contributed by atoms with E-state index in [9.17, 15) is 0 Å². The van der Waals surface area contributed by atoms with Crippen molar-refractivity contribution in [3.63, 3.8) is 0 Å². The molecule has 0 aromatic carbocycles. The fraction of sp³-hybridized carbons (Fsp3) is 0.833. The van der Waals surface area contributed by atoms with E-state index in [2.05, 4.69) is 50.4 Å². The van der Waals surface area contributed by atoms with Crippen LogP contribution in [0.4, 0.5) is 0 Å². The van der Waals surface area contributed by atoms with E-state index in [1.54, 1.807) is 5.57 Å². The molecule has 0 unspecified atom stereocenters. The van der Waals surface area contributed by atoms with Crippen LogP contribution in [-0.4, -0.2) is 15.6 Å². The summed E-state index contributed by atoms with van der Waals surface area (Å²) >= 11 is 4.41. The van der Waals surface area contributed by atoms with Gasteiger partial charge in [0.25, 0.3) is 0 Å². The van der Waals surface area contributed by atoms with Crippen LogP contribution in [0.3, 0.4) is 0 Å². The average molecular weight is 226 g/mol. The number of thioether (sulfide) groups is 2. The Morgan fingerprint density at radius 1 is 1.29 bits per heavy atom. The topological polar surface area (TPSA) is 0 Å². The monoisotopic (exact) mass is 226 g/mol. The maximum Gasteiger partial charge on any atom is 0.0828 e. The number of rotatable bonds is 0. The first-order valence-corrected chi connectivity index (χ1v) is 7.51. The standard InChI is InChI=1S/C12H18S2/c1-8-7-12(13-4-5-14-12)10-6-9(8)11(10,2)3/h7,9-10H,4-6H2,1-3H3/t9-,10-/m0/s1. The molecule has 1 heterocycles. The van der Waals surface area contributed by atoms with E-state index in [1.807, 2.05) is 0 Å². The minimum absolute atomic E-state index is 0.475. The molecule has 1 saturated carbocycles. The highest BCUT2D eigenvalue weighted by Crippen LogP contribution is 2.70. The van der Waals surface area contributed by atoms with E-state index in [1.165, 1.54) is 17.9 Å². The van der Waals surface area contributed by atoms with Crippen LogP contribution in [0.5, 0.6) is 0 Å². The van der Waals surface area contributed by atoms with Gasteiger partial charge in [-0.05, 0) is 30.6 Å². The van der Waals surface area contributed by atoms with Crippen molar-refractivity contribution in [2.75, 3.05) is 11.5 Å². The molecule has 1 spiro atoms. The zero-order valence-corrected chi connectivity index (χ0v) is 10.8. The zero-order chi connectivity index (χ0) is 9.97. The van der Waals surface area contributed by atoms with Crippen LogP contribution in [-0.2, 0) is 0 Å². The molecule has 14 heavy (non-hydrogen) atoms. The minimum Gasteiger partial charge on any atom is -0.139 e. The van der Waals surface area contributed by atoms with Crippen LogP contribution < -0.4 is 0 Å². The molecule has 0 N–H and O–H groups in total. The molecule has 3 aliphatic carbocycles. The van der Waals surface area contributed by atoms with Gasteiger partial charge in [0, 0.05) is 11.5 Å². The van der Waals surface area contributed by atoms with Crippen LogP contribution in [0, 0.1) is 17.3 Å². The molecule has 1 saturated heterocycles. The Hall–Kier alpha value is 0.440. The second-order valence-electron chi connectivity index (χ2n) is 5.47. The zero-order valence-electron chi connectivity index (χ0n) is 9.17. The van der Waals surface area contributed by atoms with Gasteiger partial charge in [0.1, 0.15) is 0 Å². The SMILES string of the molecule is CC1=CC2(SCCS2)[C@H]2C[C@@H]1C2(C)C. The molecule has 0 nitrogen and oxygen atoms in total. The lowest BCUT2D eigenvalue weighted by molar-refractivity contribution is -0.00796. The van der Waals surface area contributed by atoms with Gasteiger partial charge in [0.15, 0.2) is 0 Å². The Morgan fingerprint density at radius 3 is 2.43 bits per heavy atom. The van der Waals surface area contributed by atoms with Crippen LogP contribution in [0.15, 0.2) is 11.6 Å². The van der Waals surface area contributed by atoms with E-state index in [4.69, 9.17) is 0 Å². The van der Waals surface area contributed by atoms with Gasteiger partial charge in [-0.25, -0.2) is 0 Å². The molecule has 78 valence electrons. The number of hydrogen-bond donors (Lipinski definition) is 0. The van der Waals surface area contributed by atoms with Crippen LogP contribution in [0.2, 0.25) is 0 Å². The van der Waals surface area contributed by atoms with Gasteiger partial charge in [-0.2, -0.15) is 0 Å². The van der Waals surface area contributed by atoms with E-state index >= 15 is 0 Å². The van der Waals surface area contributed by atoms with Gasteiger partial charge in [-0.15, -0.1) is 23.5 Å². The van der Waals surface area contributed by atoms with Gasteiger partial charge in [-0.3, -0.25) is 0 Å². The second kappa shape index (κ2) is 2.76. The summed E-state index contributed by atoms with van der Waals surface area (Å²) in [6.07, 6.45) is 4.05. The number of allylic oxidation sites excluding steroid dienone is 1. The highest BCUT2D eigenvalue weighted by molar-refractivity contribution is 8.21. The largest absolute Gasteiger partial charge is 0.139 e. The van der Waals surface area contributed by atoms with E-state index in [0.29, 0.717) is 9.49 Å². The first kappa shape index (κ1) is 9.65. The molecule has 0 aromatic heterocycles. The van der Waals surface area contributed by atoms with Gasteiger partial charge < -0.3 is 0 Å². The van der Waals surface area contributed by atoms with Gasteiger partial charge in [0.05, 0.1) is 4.08 Å². The maximum absolute atomic E-state index is 2.60. The van der Waals surface area contributed by atoms with E-state index < -0.39 is 0 Å². The lowest BCUT2D eigenvalue weighted by Gasteiger charge is -2.62. The summed E-state index contributed by atoms with van der Waals surface area (Å²) < 4.78 is 0.475. The van der Waals surface area contributed by atoms with Gasteiger partial charge in [-0.1, -0.05) is 25.5 Å². The molecular formula is C12H18S2. The Morgan fingerprint density at radius 2 is 1.93 bits per heavy atom. The molecule has 2 bridgehead atoms. The average Bonchev–Trinajstić information content (AvgIpc) is 2.51. The third-order valence-electron chi connectivity index (χ3n) is 4.47. The lowest BCUT2D eigenvalue weighted by atomic mass is 9.48. The van der Waals surface area contributed by atoms with Crippen molar-refractivity contribution in [1.29, 1.82) is 0 Å². The fourth-order valence-corrected chi connectivity index (χ4v) is 7.51. The third-order valence-corrected chi connectivity index (χ3v) is 7.96. The van der Waals surface area contributed by atoms with Crippen molar-refractivity contribution < 1.29 is 0 Å². The first-order valence-electron chi connectivity index (χ1n) is 5.53. The van der Waals surface area contributed by atoms with Crippen LogP contribution >= 0.6 is 23.5 Å². The molecule has 2 heteroatoms. The number of hydrogen-bond acceptors (Lipinski definition) is 2. The Balaban J connectivity index is 2.04. The molecule has 4 rings (SSSR count). The molecule has 0 radical (unpaired) electrons. The molecule has 0 amide bonds. The van der Waals surface area contributed by atoms with Gasteiger partial charge in [0.2, 0.25) is 0 Å². The highest BCUT2D eigenvalue weighted by atomic mass is 32.2. The first-order chi connectivity index (χ1) is 6.56. The van der Waals surface area contributed by atoms with Gasteiger partial charge >= 0.3 is 0 Å². The Bertz CT molecular complexity index is 297. The van der Waals surface area contributed by atoms with Crippen molar-refractivity contribution in [2.45, 2.75) is 31.3 Å². The Labute approximate surface area is 95.3 Å². The molecule has 2 atom stereocenters. The minimum atomic E-state index is 0.475. The highest BCUT2D eigenvalue weighted by Gasteiger charge is 2.61. The van der Waals surface area contributed by atoms with E-state index in [-0.39, 0.29) is 0 Å². The smallest absolute Gasteiger partial charge is 0.0828 e. The van der Waals surface area contributed by atoms with Crippen molar-refractivity contribution in [3.05, 3.63) is 11.6 Å². The molecule has 2 fully saturated rings. The summed E-state index contributed by atoms with van der Waals surface area (Å²) in [5.74, 6) is 4.53. The Kier molecular flexibility index (Phi) is 1.90. The fourth-order valence-electron chi connectivity index (χ4n) is 3.63. The van der Waals surface area contributed by atoms with E-state index in [0.717, 1.165) is 11.8 Å². The summed E-state index contributed by atoms with van der Waals surface area (Å²) in [5, 5.41) is 0. The lowest BCUT2D eigenvalue weighted by Crippen LogP contribution is -2.56. The predicted octanol–water partition coefficient (Wildman–Crippen LogP) is 3.78. The van der Waals surface area contributed by atoms with Crippen molar-refractivity contribution in [3.8, 4) is 0 Å². The normalized spacial score (nSPS) is 42.1. The van der Waals surface area contributed by atoms with Crippen molar-refractivity contribution >= 4 is 23.5 Å². The summed E-state index contributed by atoms with van der Waals surface area (Å²) in [7, 11) is 0. The second-order valence-corrected chi connectivity index (χ2v) is 8.47. The summed E-state index contributed by atoms with van der Waals surface area (Å²) in [6, 6.07) is 0. The summed E-state index contributed by atoms with van der Waals surface area (Å²) in [4.78, 5) is 0. The molecule has 0 aromatic rings. The molecule has 4 aliphatic rings. The van der Waals surface area contributed by atoms with Crippen LogP contribution in [0.25, 0.3) is 0 Å². The molecule has 1 aliphatic heterocycles. The quantitative estimate of drug-likeness (QED) is 0.576. The predicted molar refractivity (Wildman–Crippen MR) is 66.8 cm³/mol. The summed E-state index contributed by atoms with van der Waals surface area (Å²) in [6.45, 7) is 7.30.